The molecule has 0 spiro atoms. The Labute approximate surface area is 75.9 Å². The Bertz CT molecular complexity index is 334. The fourth-order valence-corrected chi connectivity index (χ4v) is 0.683. The molecule has 13 heavy (non-hydrogen) atoms. The summed E-state index contributed by atoms with van der Waals surface area (Å²) in [6, 6.07) is 1.78. The van der Waals surface area contributed by atoms with E-state index in [-0.39, 0.29) is 11.4 Å². The van der Waals surface area contributed by atoms with Gasteiger partial charge in [-0.1, -0.05) is 0 Å². The van der Waals surface area contributed by atoms with E-state index in [1.165, 1.54) is 13.0 Å². The van der Waals surface area contributed by atoms with Crippen molar-refractivity contribution in [2.45, 2.75) is 13.8 Å². The van der Waals surface area contributed by atoms with Gasteiger partial charge in [-0.05, 0) is 19.2 Å². The molecule has 0 fully saturated rings. The van der Waals surface area contributed by atoms with E-state index in [9.17, 15) is 10.1 Å². The summed E-state index contributed by atoms with van der Waals surface area (Å²) in [4.78, 5) is 13.1. The summed E-state index contributed by atoms with van der Waals surface area (Å²) in [6.45, 7) is 6.09. The maximum Gasteiger partial charge on any atom is 0.243 e. The van der Waals surface area contributed by atoms with Gasteiger partial charge in [0.1, 0.15) is 11.8 Å². The molecule has 0 unspecified atom stereocenters. The van der Waals surface area contributed by atoms with Crippen LogP contribution in [0.2, 0.25) is 0 Å². The van der Waals surface area contributed by atoms with Crippen LogP contribution in [-0.4, -0.2) is 11.6 Å². The van der Waals surface area contributed by atoms with E-state index >= 15 is 0 Å². The third kappa shape index (κ3) is 3.29. The van der Waals surface area contributed by atoms with Gasteiger partial charge in [0.25, 0.3) is 0 Å². The Morgan fingerprint density at radius 1 is 1.69 bits per heavy atom. The van der Waals surface area contributed by atoms with Crippen LogP contribution in [0.3, 0.4) is 0 Å². The van der Waals surface area contributed by atoms with Crippen molar-refractivity contribution < 1.29 is 4.92 Å². The van der Waals surface area contributed by atoms with E-state index < -0.39 is 4.92 Å². The molecular weight excluding hydrogens is 170 g/mol. The van der Waals surface area contributed by atoms with Gasteiger partial charge in [0.15, 0.2) is 0 Å². The zero-order chi connectivity index (χ0) is 10.4. The summed E-state index contributed by atoms with van der Waals surface area (Å²) in [7, 11) is 0. The van der Waals surface area contributed by atoms with Crippen molar-refractivity contribution in [3.63, 3.8) is 0 Å². The molecule has 0 bridgehead atoms. The molecule has 0 aromatic heterocycles. The van der Waals surface area contributed by atoms with E-state index in [0.29, 0.717) is 5.57 Å². The number of aliphatic imine (C=N–C) groups is 1. The Kier molecular flexibility index (Phi) is 4.10. The first-order valence-electron chi connectivity index (χ1n) is 3.43. The van der Waals surface area contributed by atoms with Crippen molar-refractivity contribution in [1.82, 2.24) is 0 Å². The standard InChI is InChI=1S/C8H9N3O2/c1-6(8(5-9)10-3)4-7(2)11(12)13/h4H,3H2,1-2H3/b7-4+,8-6-. The van der Waals surface area contributed by atoms with Crippen LogP contribution in [0.25, 0.3) is 0 Å². The largest absolute Gasteiger partial charge is 0.259 e. The van der Waals surface area contributed by atoms with Crippen molar-refractivity contribution >= 4 is 6.72 Å². The second kappa shape index (κ2) is 4.83. The molecular formula is C8H9N3O2. The van der Waals surface area contributed by atoms with E-state index in [2.05, 4.69) is 11.7 Å². The van der Waals surface area contributed by atoms with E-state index in [1.54, 1.807) is 13.0 Å². The van der Waals surface area contributed by atoms with Crippen LogP contribution in [-0.2, 0) is 0 Å². The van der Waals surface area contributed by atoms with Crippen LogP contribution in [0.4, 0.5) is 0 Å². The summed E-state index contributed by atoms with van der Waals surface area (Å²) < 4.78 is 0. The normalized spacial score (nSPS) is 12.8. The van der Waals surface area contributed by atoms with Gasteiger partial charge in [-0.15, -0.1) is 0 Å². The molecule has 0 radical (unpaired) electrons. The molecule has 68 valence electrons. The predicted octanol–water partition coefficient (Wildman–Crippen LogP) is 1.67. The van der Waals surface area contributed by atoms with Crippen molar-refractivity contribution in [2.24, 2.45) is 4.99 Å². The molecule has 0 rings (SSSR count). The van der Waals surface area contributed by atoms with Crippen LogP contribution in [0.5, 0.6) is 0 Å². The number of nitriles is 1. The maximum atomic E-state index is 10.2. The van der Waals surface area contributed by atoms with Crippen LogP contribution in [0.1, 0.15) is 13.8 Å². The summed E-state index contributed by atoms with van der Waals surface area (Å²) >= 11 is 0. The highest BCUT2D eigenvalue weighted by atomic mass is 16.6. The fourth-order valence-electron chi connectivity index (χ4n) is 0.683. The zero-order valence-electron chi connectivity index (χ0n) is 7.44. The van der Waals surface area contributed by atoms with Gasteiger partial charge in [-0.2, -0.15) is 5.26 Å². The van der Waals surface area contributed by atoms with E-state index in [0.717, 1.165) is 0 Å². The molecule has 0 aliphatic heterocycles. The van der Waals surface area contributed by atoms with Crippen molar-refractivity contribution in [3.8, 4) is 6.07 Å². The summed E-state index contributed by atoms with van der Waals surface area (Å²) in [6.07, 6.45) is 1.28. The first kappa shape index (κ1) is 11.0. The van der Waals surface area contributed by atoms with Gasteiger partial charge >= 0.3 is 0 Å². The van der Waals surface area contributed by atoms with Crippen LogP contribution in [0.15, 0.2) is 28.0 Å². The molecule has 0 aliphatic carbocycles. The van der Waals surface area contributed by atoms with Gasteiger partial charge in [-0.3, -0.25) is 15.1 Å². The van der Waals surface area contributed by atoms with Gasteiger partial charge in [0.2, 0.25) is 5.70 Å². The lowest BCUT2D eigenvalue weighted by molar-refractivity contribution is -0.424. The maximum absolute atomic E-state index is 10.2. The smallest absolute Gasteiger partial charge is 0.243 e. The first-order valence-corrected chi connectivity index (χ1v) is 3.43. The minimum absolute atomic E-state index is 0.0334. The number of nitrogens with zero attached hydrogens (tertiary/aromatic N) is 3. The third-order valence-electron chi connectivity index (χ3n) is 1.35. The average Bonchev–Trinajstić information content (AvgIpc) is 2.06. The highest BCUT2D eigenvalue weighted by molar-refractivity contribution is 5.40. The highest BCUT2D eigenvalue weighted by Crippen LogP contribution is 2.08. The number of rotatable bonds is 3. The lowest BCUT2D eigenvalue weighted by Crippen LogP contribution is -1.94. The minimum atomic E-state index is -0.526. The highest BCUT2D eigenvalue weighted by Gasteiger charge is 2.03. The quantitative estimate of drug-likeness (QED) is 0.217. The summed E-state index contributed by atoms with van der Waals surface area (Å²) in [5.74, 6) is 0. The fraction of sp³-hybridized carbons (Fsp3) is 0.250. The number of hydrogen-bond acceptors (Lipinski definition) is 4. The van der Waals surface area contributed by atoms with Crippen LogP contribution >= 0.6 is 0 Å². The van der Waals surface area contributed by atoms with E-state index in [4.69, 9.17) is 5.26 Å². The van der Waals surface area contributed by atoms with Crippen molar-refractivity contribution in [3.05, 3.63) is 33.2 Å². The Balaban J connectivity index is 5.03. The average molecular weight is 179 g/mol. The second-order valence-electron chi connectivity index (χ2n) is 2.34. The molecule has 0 saturated carbocycles. The molecule has 5 nitrogen and oxygen atoms in total. The molecule has 0 atom stereocenters. The number of nitro groups is 1. The Hall–Kier alpha value is -1.96. The summed E-state index contributed by atoms with van der Waals surface area (Å²) in [5, 5.41) is 18.7. The molecule has 0 saturated heterocycles. The number of hydrogen-bond donors (Lipinski definition) is 0. The van der Waals surface area contributed by atoms with Crippen molar-refractivity contribution in [2.75, 3.05) is 0 Å². The SMILES string of the molecule is C=N/C(C#N)=C(C)\C=C(/C)[N+](=O)[O-]. The van der Waals surface area contributed by atoms with Crippen LogP contribution < -0.4 is 0 Å². The van der Waals surface area contributed by atoms with Gasteiger partial charge in [-0.25, -0.2) is 0 Å². The molecule has 0 amide bonds. The molecule has 0 heterocycles. The van der Waals surface area contributed by atoms with Gasteiger partial charge in [0, 0.05) is 13.0 Å². The molecule has 0 aliphatic rings. The topological polar surface area (TPSA) is 79.3 Å². The van der Waals surface area contributed by atoms with Gasteiger partial charge < -0.3 is 0 Å². The zero-order valence-corrected chi connectivity index (χ0v) is 7.44. The second-order valence-corrected chi connectivity index (χ2v) is 2.34. The monoisotopic (exact) mass is 179 g/mol. The van der Waals surface area contributed by atoms with E-state index in [1.807, 2.05) is 0 Å². The summed E-state index contributed by atoms with van der Waals surface area (Å²) in [5.41, 5.74) is 0.502. The molecule has 0 aromatic rings. The third-order valence-corrected chi connectivity index (χ3v) is 1.35. The minimum Gasteiger partial charge on any atom is -0.259 e. The molecule has 5 heteroatoms. The first-order chi connectivity index (χ1) is 6.02. The van der Waals surface area contributed by atoms with Gasteiger partial charge in [0.05, 0.1) is 4.92 Å². The Morgan fingerprint density at radius 2 is 2.23 bits per heavy atom. The lowest BCUT2D eigenvalue weighted by atomic mass is 10.2. The molecule has 0 N–H and O–H groups in total. The van der Waals surface area contributed by atoms with Crippen LogP contribution in [0, 0.1) is 21.4 Å². The lowest BCUT2D eigenvalue weighted by Gasteiger charge is -1.93. The number of allylic oxidation sites excluding steroid dienone is 4. The predicted molar refractivity (Wildman–Crippen MR) is 48.6 cm³/mol. The molecule has 0 aromatic carbocycles. The Morgan fingerprint density at radius 3 is 2.54 bits per heavy atom. The van der Waals surface area contributed by atoms with Crippen molar-refractivity contribution in [1.29, 1.82) is 5.26 Å².